The molecule has 1 saturated heterocycles. The highest BCUT2D eigenvalue weighted by Gasteiger charge is 2.48. The Morgan fingerprint density at radius 3 is 2.48 bits per heavy atom. The SMILES string of the molecule is [2H]C(=O)OCc1ccc(OC2OC(C(=O)O)[C@@H](O)[C@H](O)[C@@H]2O)c(C(C)(C)C)c1. The molecule has 1 aliphatic heterocycles. The fraction of sp³-hybridized carbons (Fsp3) is 0.556. The molecule has 5 atom stereocenters. The maximum Gasteiger partial charge on any atom is 0.335 e. The second-order valence-corrected chi connectivity index (χ2v) is 7.31. The van der Waals surface area contributed by atoms with E-state index < -0.39 is 48.5 Å². The average molecular weight is 385 g/mol. The van der Waals surface area contributed by atoms with Crippen LogP contribution in [0.4, 0.5) is 0 Å². The number of rotatable bonds is 5. The van der Waals surface area contributed by atoms with Gasteiger partial charge in [-0.15, -0.1) is 0 Å². The summed E-state index contributed by atoms with van der Waals surface area (Å²) in [5, 5.41) is 38.9. The zero-order chi connectivity index (χ0) is 21.2. The van der Waals surface area contributed by atoms with Crippen molar-refractivity contribution in [3.63, 3.8) is 0 Å². The van der Waals surface area contributed by atoms with Gasteiger partial charge in [0.05, 0.1) is 0 Å². The van der Waals surface area contributed by atoms with Crippen LogP contribution in [0.3, 0.4) is 0 Å². The van der Waals surface area contributed by atoms with E-state index in [1.54, 1.807) is 12.1 Å². The van der Waals surface area contributed by atoms with Crippen LogP contribution >= 0.6 is 0 Å². The van der Waals surface area contributed by atoms with Gasteiger partial charge in [-0.1, -0.05) is 26.8 Å². The van der Waals surface area contributed by atoms with Crippen molar-refractivity contribution < 1.29 is 45.6 Å². The van der Waals surface area contributed by atoms with Crippen LogP contribution in [0.15, 0.2) is 18.2 Å². The molecule has 1 aromatic carbocycles. The highest BCUT2D eigenvalue weighted by atomic mass is 16.7. The number of hydrogen-bond acceptors (Lipinski definition) is 8. The summed E-state index contributed by atoms with van der Waals surface area (Å²) in [4.78, 5) is 21.9. The number of carbonyl (C=O) groups is 2. The van der Waals surface area contributed by atoms with Gasteiger partial charge in [0.25, 0.3) is 6.45 Å². The minimum absolute atomic E-state index is 0.111. The van der Waals surface area contributed by atoms with Crippen LogP contribution < -0.4 is 4.74 Å². The third kappa shape index (κ3) is 4.75. The maximum atomic E-state index is 11.2. The Morgan fingerprint density at radius 1 is 1.26 bits per heavy atom. The van der Waals surface area contributed by atoms with Crippen molar-refractivity contribution in [2.75, 3.05) is 0 Å². The topological polar surface area (TPSA) is 143 Å². The number of aliphatic hydroxyl groups is 3. The van der Waals surface area contributed by atoms with E-state index in [9.17, 15) is 24.9 Å². The van der Waals surface area contributed by atoms with E-state index in [2.05, 4.69) is 4.74 Å². The van der Waals surface area contributed by atoms with Crippen LogP contribution in [0, 0.1) is 0 Å². The number of aliphatic hydroxyl groups excluding tert-OH is 3. The van der Waals surface area contributed by atoms with Crippen LogP contribution in [-0.2, 0) is 31.1 Å². The number of carbonyl (C=O) groups excluding carboxylic acids is 1. The Labute approximate surface area is 157 Å². The molecule has 4 N–H and O–H groups in total. The van der Waals surface area contributed by atoms with Gasteiger partial charge in [0.15, 0.2) is 7.47 Å². The molecular weight excluding hydrogens is 360 g/mol. The molecule has 2 unspecified atom stereocenters. The van der Waals surface area contributed by atoms with Gasteiger partial charge in [-0.05, 0) is 23.1 Å². The van der Waals surface area contributed by atoms with Gasteiger partial charge in [0.2, 0.25) is 6.29 Å². The normalized spacial score (nSPS) is 29.0. The van der Waals surface area contributed by atoms with Crippen molar-refractivity contribution in [2.45, 2.75) is 63.5 Å². The van der Waals surface area contributed by atoms with Crippen molar-refractivity contribution in [1.82, 2.24) is 0 Å². The van der Waals surface area contributed by atoms with E-state index in [1.165, 1.54) is 6.07 Å². The summed E-state index contributed by atoms with van der Waals surface area (Å²) >= 11 is 0. The molecule has 0 spiro atoms. The molecule has 0 radical (unpaired) electrons. The summed E-state index contributed by atoms with van der Waals surface area (Å²) in [7, 11) is 0. The predicted octanol–water partition coefficient (Wildman–Crippen LogP) is -0.0719. The summed E-state index contributed by atoms with van der Waals surface area (Å²) in [5.74, 6) is -1.25. The van der Waals surface area contributed by atoms with E-state index >= 15 is 0 Å². The van der Waals surface area contributed by atoms with Gasteiger partial charge in [-0.25, -0.2) is 4.79 Å². The zero-order valence-corrected chi connectivity index (χ0v) is 15.2. The highest BCUT2D eigenvalue weighted by molar-refractivity contribution is 5.73. The van der Waals surface area contributed by atoms with Crippen molar-refractivity contribution in [1.29, 1.82) is 0 Å². The molecule has 0 aliphatic carbocycles. The van der Waals surface area contributed by atoms with Crippen molar-refractivity contribution in [3.05, 3.63) is 29.3 Å². The highest BCUT2D eigenvalue weighted by Crippen LogP contribution is 2.34. The number of hydrogen-bond donors (Lipinski definition) is 4. The lowest BCUT2D eigenvalue weighted by molar-refractivity contribution is -0.271. The van der Waals surface area contributed by atoms with Gasteiger partial charge in [0.1, 0.15) is 30.7 Å². The molecule has 2 rings (SSSR count). The Balaban J connectivity index is 2.30. The summed E-state index contributed by atoms with van der Waals surface area (Å²) in [5.41, 5.74) is 0.774. The minimum atomic E-state index is -1.81. The van der Waals surface area contributed by atoms with Crippen molar-refractivity contribution in [2.24, 2.45) is 0 Å². The average Bonchev–Trinajstić information content (AvgIpc) is 2.59. The largest absolute Gasteiger partial charge is 0.479 e. The van der Waals surface area contributed by atoms with Crippen LogP contribution in [0.25, 0.3) is 0 Å². The molecule has 0 amide bonds. The Kier molecular flexibility index (Phi) is 5.95. The molecule has 27 heavy (non-hydrogen) atoms. The van der Waals surface area contributed by atoms with E-state index in [4.69, 9.17) is 16.0 Å². The van der Waals surface area contributed by atoms with Crippen LogP contribution in [0.1, 0.15) is 33.3 Å². The van der Waals surface area contributed by atoms with Gasteiger partial charge < -0.3 is 34.6 Å². The molecule has 1 aliphatic rings. The van der Waals surface area contributed by atoms with Gasteiger partial charge in [-0.2, -0.15) is 0 Å². The number of carboxylic acid groups (broad SMARTS) is 1. The first-order valence-electron chi connectivity index (χ1n) is 8.77. The molecule has 9 heteroatoms. The maximum absolute atomic E-state index is 11.2. The minimum Gasteiger partial charge on any atom is -0.479 e. The lowest BCUT2D eigenvalue weighted by Gasteiger charge is -2.39. The fourth-order valence-corrected chi connectivity index (χ4v) is 2.74. The summed E-state index contributed by atoms with van der Waals surface area (Å²) < 4.78 is 22.3. The summed E-state index contributed by atoms with van der Waals surface area (Å²) in [6, 6.07) is 4.78. The number of ether oxygens (including phenoxy) is 3. The van der Waals surface area contributed by atoms with E-state index in [-0.39, 0.29) is 12.4 Å². The van der Waals surface area contributed by atoms with Crippen molar-refractivity contribution in [3.8, 4) is 5.75 Å². The van der Waals surface area contributed by atoms with Crippen LogP contribution in [0.5, 0.6) is 5.75 Å². The molecule has 1 aromatic rings. The first-order chi connectivity index (χ1) is 12.9. The predicted molar refractivity (Wildman–Crippen MR) is 90.9 cm³/mol. The Hall–Kier alpha value is -2.20. The molecule has 1 fully saturated rings. The van der Waals surface area contributed by atoms with Gasteiger partial charge in [0, 0.05) is 5.56 Å². The smallest absolute Gasteiger partial charge is 0.335 e. The summed E-state index contributed by atoms with van der Waals surface area (Å²) in [6.07, 6.45) is -9.72. The first kappa shape index (κ1) is 19.6. The lowest BCUT2D eigenvalue weighted by Crippen LogP contribution is -2.61. The molecule has 9 nitrogen and oxygen atoms in total. The van der Waals surface area contributed by atoms with Gasteiger partial charge in [-0.3, -0.25) is 4.79 Å². The van der Waals surface area contributed by atoms with Crippen molar-refractivity contribution >= 4 is 12.4 Å². The van der Waals surface area contributed by atoms with E-state index in [0.717, 1.165) is 0 Å². The third-order valence-corrected chi connectivity index (χ3v) is 4.21. The summed E-state index contributed by atoms with van der Waals surface area (Å²) in [6.45, 7) is 5.53. The van der Waals surface area contributed by atoms with Crippen LogP contribution in [-0.4, -0.2) is 63.5 Å². The molecule has 1 heterocycles. The third-order valence-electron chi connectivity index (χ3n) is 4.21. The standard InChI is InChI=1S/C18H24O9/c1-18(2,3)10-6-9(7-25-8-19)4-5-11(10)26-17-14(22)12(20)13(21)15(27-17)16(23)24/h4-6,8,12-15,17,20-22H,7H2,1-3H3,(H,23,24)/t12-,13-,14-,15?,17?/m0/s1/i8D. The van der Waals surface area contributed by atoms with Gasteiger partial charge >= 0.3 is 5.97 Å². The Morgan fingerprint density at radius 2 is 1.93 bits per heavy atom. The number of benzene rings is 1. The molecular formula is C18H24O9. The number of aliphatic carboxylic acids is 1. The number of carboxylic acids is 1. The van der Waals surface area contributed by atoms with Crippen LogP contribution in [0.2, 0.25) is 0 Å². The zero-order valence-electron chi connectivity index (χ0n) is 16.2. The van der Waals surface area contributed by atoms with E-state index in [1.807, 2.05) is 20.8 Å². The fourth-order valence-electron chi connectivity index (χ4n) is 2.74. The Bertz CT molecular complexity index is 730. The second-order valence-electron chi connectivity index (χ2n) is 7.31. The monoisotopic (exact) mass is 385 g/mol. The molecule has 0 saturated carbocycles. The first-order valence-corrected chi connectivity index (χ1v) is 8.27. The quantitative estimate of drug-likeness (QED) is 0.512. The molecule has 0 aromatic heterocycles. The lowest BCUT2D eigenvalue weighted by atomic mass is 9.85. The molecule has 0 bridgehead atoms. The van der Waals surface area contributed by atoms with E-state index in [0.29, 0.717) is 11.1 Å². The molecule has 150 valence electrons. The second kappa shape index (κ2) is 8.22.